The molecule has 1 heterocycles. The number of nitrogens with one attached hydrogen (secondary N) is 2. The number of Topliss-reactive ketones (excluding diaryl/α,β-unsaturated/α-hetero) is 1. The first-order valence-electron chi connectivity index (χ1n) is 10.7. The van der Waals surface area contributed by atoms with Crippen molar-refractivity contribution in [2.45, 2.75) is 26.7 Å². The highest BCUT2D eigenvalue weighted by Crippen LogP contribution is 2.21. The first-order chi connectivity index (χ1) is 15.9. The topological polar surface area (TPSA) is 73.3 Å². The molecule has 3 aromatic carbocycles. The summed E-state index contributed by atoms with van der Waals surface area (Å²) >= 11 is 5.77. The largest absolute Gasteiger partial charge is 0.357 e. The first kappa shape index (κ1) is 25.1. The fourth-order valence-electron chi connectivity index (χ4n) is 3.89. The van der Waals surface area contributed by atoms with Gasteiger partial charge in [-0.15, -0.1) is 0 Å². The van der Waals surface area contributed by atoms with Crippen molar-refractivity contribution in [3.63, 3.8) is 0 Å². The van der Waals surface area contributed by atoms with Crippen molar-refractivity contribution in [3.8, 4) is 0 Å². The van der Waals surface area contributed by atoms with Crippen LogP contribution in [0.4, 0.5) is 10.1 Å². The number of likely N-dealkylation sites (tertiary alicyclic amines) is 1. The van der Waals surface area contributed by atoms with Crippen LogP contribution in [-0.2, 0) is 6.42 Å². The maximum absolute atomic E-state index is 14.1. The predicted octanol–water partition coefficient (Wildman–Crippen LogP) is 6.21. The Hall–Kier alpha value is -3.51. The molecular formula is C27H27ClFN3O2. The van der Waals surface area contributed by atoms with Crippen LogP contribution in [0.15, 0.2) is 66.7 Å². The molecule has 0 radical (unpaired) electrons. The minimum absolute atomic E-state index is 0. The molecule has 4 rings (SSSR count). The summed E-state index contributed by atoms with van der Waals surface area (Å²) in [6.07, 6.45) is 2.21. The lowest BCUT2D eigenvalue weighted by atomic mass is 9.97. The molecule has 0 aromatic heterocycles. The van der Waals surface area contributed by atoms with Gasteiger partial charge in [0.25, 0.3) is 5.91 Å². The maximum atomic E-state index is 14.1. The van der Waals surface area contributed by atoms with E-state index in [9.17, 15) is 14.0 Å². The molecule has 176 valence electrons. The summed E-state index contributed by atoms with van der Waals surface area (Å²) in [5.41, 5.74) is 2.14. The van der Waals surface area contributed by atoms with Gasteiger partial charge in [0.1, 0.15) is 11.7 Å². The molecule has 1 amide bonds. The number of anilines is 1. The van der Waals surface area contributed by atoms with Crippen molar-refractivity contribution in [3.05, 3.63) is 99.8 Å². The number of benzene rings is 3. The normalized spacial score (nSPS) is 12.7. The van der Waals surface area contributed by atoms with E-state index in [-0.39, 0.29) is 30.3 Å². The zero-order valence-corrected chi connectivity index (χ0v) is 18.7. The molecule has 1 saturated heterocycles. The highest BCUT2D eigenvalue weighted by molar-refractivity contribution is 6.30. The summed E-state index contributed by atoms with van der Waals surface area (Å²) in [6, 6.07) is 17.8. The van der Waals surface area contributed by atoms with Gasteiger partial charge in [0.2, 0.25) is 0 Å². The van der Waals surface area contributed by atoms with Crippen LogP contribution < -0.4 is 5.32 Å². The average Bonchev–Trinajstić information content (AvgIpc) is 3.36. The summed E-state index contributed by atoms with van der Waals surface area (Å²) in [5.74, 6) is -0.812. The number of nitrogens with zero attached hydrogens (tertiary/aromatic N) is 1. The number of halogens is 2. The molecular weight excluding hydrogens is 453 g/mol. The van der Waals surface area contributed by atoms with Gasteiger partial charge in [-0.1, -0.05) is 61.5 Å². The molecule has 1 fully saturated rings. The van der Waals surface area contributed by atoms with Gasteiger partial charge in [-0.2, -0.15) is 0 Å². The molecule has 0 bridgehead atoms. The molecule has 34 heavy (non-hydrogen) atoms. The van der Waals surface area contributed by atoms with Crippen LogP contribution in [0.3, 0.4) is 0 Å². The molecule has 3 aromatic rings. The van der Waals surface area contributed by atoms with Crippen LogP contribution in [0.5, 0.6) is 0 Å². The Labute approximate surface area is 204 Å². The van der Waals surface area contributed by atoms with Crippen molar-refractivity contribution >= 4 is 34.8 Å². The SMILES string of the molecule is C.N=C(c1ccc(C(=O)Cc2ccccc2C(=O)Nc2ccc(Cl)cc2F)cc1)N1CCCC1. The van der Waals surface area contributed by atoms with Gasteiger partial charge >= 0.3 is 0 Å². The number of amides is 1. The van der Waals surface area contributed by atoms with Gasteiger partial charge in [0, 0.05) is 41.2 Å². The molecule has 0 saturated carbocycles. The Bertz CT molecular complexity index is 1200. The number of hydrogen-bond acceptors (Lipinski definition) is 3. The number of rotatable bonds is 6. The van der Waals surface area contributed by atoms with Crippen LogP contribution in [0.25, 0.3) is 0 Å². The zero-order chi connectivity index (χ0) is 23.4. The second kappa shape index (κ2) is 11.1. The van der Waals surface area contributed by atoms with Gasteiger partial charge in [0.05, 0.1) is 5.69 Å². The van der Waals surface area contributed by atoms with E-state index in [0.717, 1.165) is 37.6 Å². The Balaban J connectivity index is 0.00000324. The lowest BCUT2D eigenvalue weighted by Crippen LogP contribution is -2.27. The van der Waals surface area contributed by atoms with Crippen molar-refractivity contribution < 1.29 is 14.0 Å². The van der Waals surface area contributed by atoms with E-state index in [1.807, 2.05) is 4.90 Å². The highest BCUT2D eigenvalue weighted by Gasteiger charge is 2.18. The summed E-state index contributed by atoms with van der Waals surface area (Å²) in [5, 5.41) is 11.1. The van der Waals surface area contributed by atoms with Crippen LogP contribution in [0, 0.1) is 11.2 Å². The Kier molecular flexibility index (Phi) is 8.18. The predicted molar refractivity (Wildman–Crippen MR) is 135 cm³/mol. The molecule has 0 atom stereocenters. The molecule has 0 aliphatic carbocycles. The number of amidine groups is 1. The number of carbonyl (C=O) groups excluding carboxylic acids is 2. The fourth-order valence-corrected chi connectivity index (χ4v) is 4.05. The van der Waals surface area contributed by atoms with E-state index >= 15 is 0 Å². The molecule has 0 unspecified atom stereocenters. The second-order valence-corrected chi connectivity index (χ2v) is 8.39. The summed E-state index contributed by atoms with van der Waals surface area (Å²) in [4.78, 5) is 27.7. The Morgan fingerprint density at radius 2 is 1.62 bits per heavy atom. The molecule has 7 heteroatoms. The Morgan fingerprint density at radius 1 is 0.971 bits per heavy atom. The van der Waals surface area contributed by atoms with Crippen molar-refractivity contribution in [1.29, 1.82) is 5.41 Å². The van der Waals surface area contributed by atoms with E-state index in [1.165, 1.54) is 12.1 Å². The third-order valence-corrected chi connectivity index (χ3v) is 5.93. The molecule has 0 spiro atoms. The summed E-state index contributed by atoms with van der Waals surface area (Å²) < 4.78 is 14.1. The molecule has 1 aliphatic rings. The minimum atomic E-state index is -0.635. The molecule has 5 nitrogen and oxygen atoms in total. The standard InChI is InChI=1S/C26H23ClFN3O2.CH4/c27-20-11-12-23(22(28)16-20)30-26(33)21-6-2-1-5-19(21)15-24(32)17-7-9-18(10-8-17)25(29)31-13-3-4-14-31;/h1-2,5-12,16,29H,3-4,13-15H2,(H,30,33);1H4. The number of hydrogen-bond donors (Lipinski definition) is 2. The fraction of sp³-hybridized carbons (Fsp3) is 0.222. The smallest absolute Gasteiger partial charge is 0.256 e. The quantitative estimate of drug-likeness (QED) is 0.250. The lowest BCUT2D eigenvalue weighted by Gasteiger charge is -2.18. The van der Waals surface area contributed by atoms with Crippen LogP contribution in [0.2, 0.25) is 5.02 Å². The number of ketones is 1. The van der Waals surface area contributed by atoms with Crippen molar-refractivity contribution in [2.24, 2.45) is 0 Å². The van der Waals surface area contributed by atoms with Gasteiger partial charge in [-0.25, -0.2) is 4.39 Å². The maximum Gasteiger partial charge on any atom is 0.256 e. The van der Waals surface area contributed by atoms with E-state index in [4.69, 9.17) is 17.0 Å². The molecule has 1 aliphatic heterocycles. The van der Waals surface area contributed by atoms with E-state index < -0.39 is 11.7 Å². The van der Waals surface area contributed by atoms with Gasteiger partial charge < -0.3 is 10.2 Å². The highest BCUT2D eigenvalue weighted by atomic mass is 35.5. The van der Waals surface area contributed by atoms with Gasteiger partial charge in [0.15, 0.2) is 5.78 Å². The third kappa shape index (κ3) is 5.69. The van der Waals surface area contributed by atoms with E-state index in [1.54, 1.807) is 48.5 Å². The van der Waals surface area contributed by atoms with Crippen LogP contribution in [-0.4, -0.2) is 35.5 Å². The summed E-state index contributed by atoms with van der Waals surface area (Å²) in [7, 11) is 0. The number of carbonyl (C=O) groups is 2. The first-order valence-corrected chi connectivity index (χ1v) is 11.1. The Morgan fingerprint density at radius 3 is 2.29 bits per heavy atom. The lowest BCUT2D eigenvalue weighted by molar-refractivity contribution is 0.0992. The van der Waals surface area contributed by atoms with Crippen molar-refractivity contribution in [1.82, 2.24) is 4.90 Å². The average molecular weight is 480 g/mol. The third-order valence-electron chi connectivity index (χ3n) is 5.69. The van der Waals surface area contributed by atoms with E-state index in [0.29, 0.717) is 22.5 Å². The molecule has 2 N–H and O–H groups in total. The van der Waals surface area contributed by atoms with E-state index in [2.05, 4.69) is 5.32 Å². The summed E-state index contributed by atoms with van der Waals surface area (Å²) in [6.45, 7) is 1.77. The van der Waals surface area contributed by atoms with Gasteiger partial charge in [-0.05, 0) is 42.7 Å². The monoisotopic (exact) mass is 479 g/mol. The van der Waals surface area contributed by atoms with Crippen molar-refractivity contribution in [2.75, 3.05) is 18.4 Å². The van der Waals surface area contributed by atoms with Crippen LogP contribution in [0.1, 0.15) is 52.1 Å². The zero-order valence-electron chi connectivity index (χ0n) is 17.9. The van der Waals surface area contributed by atoms with Gasteiger partial charge in [-0.3, -0.25) is 15.0 Å². The van der Waals surface area contributed by atoms with Crippen LogP contribution >= 0.6 is 11.6 Å². The minimum Gasteiger partial charge on any atom is -0.357 e. The second-order valence-electron chi connectivity index (χ2n) is 7.96.